The van der Waals surface area contributed by atoms with Gasteiger partial charge in [-0.3, -0.25) is 0 Å². The molecule has 3 nitrogen and oxygen atoms in total. The van der Waals surface area contributed by atoms with Crippen LogP contribution in [0.4, 0.5) is 4.79 Å². The van der Waals surface area contributed by atoms with Gasteiger partial charge >= 0.3 is 6.03 Å². The molecule has 0 unspecified atom stereocenters. The van der Waals surface area contributed by atoms with Gasteiger partial charge in [0.1, 0.15) is 0 Å². The number of carbonyl (C=O) groups excluding carboxylic acids is 1. The smallest absolute Gasteiger partial charge is 0.314 e. The average Bonchev–Trinajstić information content (AvgIpc) is 1.97. The minimum Gasteiger partial charge on any atom is -0.338 e. The third-order valence-corrected chi connectivity index (χ3v) is 1.16. The van der Waals surface area contributed by atoms with Gasteiger partial charge in [-0.1, -0.05) is 6.92 Å². The van der Waals surface area contributed by atoms with E-state index in [0.29, 0.717) is 12.3 Å². The number of amides is 2. The number of urea groups is 1. The normalized spacial score (nSPS) is 9.00. The molecule has 0 heterocycles. The lowest BCUT2D eigenvalue weighted by molar-refractivity contribution is 0.241. The molecule has 0 radical (unpaired) electrons. The summed E-state index contributed by atoms with van der Waals surface area (Å²) < 4.78 is 0. The summed E-state index contributed by atoms with van der Waals surface area (Å²) in [5.74, 6) is 0.680. The molecule has 0 saturated carbocycles. The standard InChI is InChI=1S/C6H14N2OS/c1-2-3-7-6(9)8-4-5-10/h10H,2-5H2,1H3,(H2,7,8,9). The van der Waals surface area contributed by atoms with Gasteiger partial charge in [0.15, 0.2) is 0 Å². The van der Waals surface area contributed by atoms with Crippen molar-refractivity contribution in [1.29, 1.82) is 0 Å². The van der Waals surface area contributed by atoms with Crippen LogP contribution in [0.1, 0.15) is 13.3 Å². The molecule has 0 fully saturated rings. The van der Waals surface area contributed by atoms with Crippen molar-refractivity contribution in [2.45, 2.75) is 13.3 Å². The van der Waals surface area contributed by atoms with Crippen LogP contribution in [0.3, 0.4) is 0 Å². The van der Waals surface area contributed by atoms with Gasteiger partial charge < -0.3 is 10.6 Å². The van der Waals surface area contributed by atoms with Crippen molar-refractivity contribution in [3.63, 3.8) is 0 Å². The van der Waals surface area contributed by atoms with Crippen LogP contribution in [0.15, 0.2) is 0 Å². The lowest BCUT2D eigenvalue weighted by Crippen LogP contribution is -2.36. The second kappa shape index (κ2) is 6.74. The van der Waals surface area contributed by atoms with Crippen molar-refractivity contribution in [3.8, 4) is 0 Å². The molecule has 2 N–H and O–H groups in total. The Balaban J connectivity index is 3.09. The van der Waals surface area contributed by atoms with Crippen LogP contribution >= 0.6 is 12.6 Å². The van der Waals surface area contributed by atoms with Gasteiger partial charge in [0.2, 0.25) is 0 Å². The summed E-state index contributed by atoms with van der Waals surface area (Å²) in [5, 5.41) is 5.32. The summed E-state index contributed by atoms with van der Waals surface area (Å²) in [6, 6.07) is -0.101. The molecule has 0 aromatic heterocycles. The molecule has 0 aliphatic rings. The van der Waals surface area contributed by atoms with Crippen LogP contribution in [0.2, 0.25) is 0 Å². The maximum absolute atomic E-state index is 10.7. The maximum atomic E-state index is 10.7. The van der Waals surface area contributed by atoms with E-state index in [-0.39, 0.29) is 6.03 Å². The molecular weight excluding hydrogens is 148 g/mol. The molecular formula is C6H14N2OS. The third kappa shape index (κ3) is 5.75. The second-order valence-corrected chi connectivity index (χ2v) is 2.35. The fourth-order valence-electron chi connectivity index (χ4n) is 0.470. The highest BCUT2D eigenvalue weighted by molar-refractivity contribution is 7.80. The van der Waals surface area contributed by atoms with E-state index >= 15 is 0 Å². The summed E-state index contributed by atoms with van der Waals surface area (Å²) in [7, 11) is 0. The van der Waals surface area contributed by atoms with Crippen molar-refractivity contribution < 1.29 is 4.79 Å². The van der Waals surface area contributed by atoms with Crippen molar-refractivity contribution in [1.82, 2.24) is 10.6 Å². The summed E-state index contributed by atoms with van der Waals surface area (Å²) >= 11 is 3.94. The van der Waals surface area contributed by atoms with E-state index in [0.717, 1.165) is 13.0 Å². The summed E-state index contributed by atoms with van der Waals surface area (Å²) in [4.78, 5) is 10.7. The first-order chi connectivity index (χ1) is 4.81. The number of carbonyl (C=O) groups is 1. The average molecular weight is 162 g/mol. The van der Waals surface area contributed by atoms with Crippen molar-refractivity contribution in [2.24, 2.45) is 0 Å². The summed E-state index contributed by atoms with van der Waals surface area (Å²) in [5.41, 5.74) is 0. The lowest BCUT2D eigenvalue weighted by atomic mass is 10.5. The first-order valence-electron chi connectivity index (χ1n) is 3.43. The van der Waals surface area contributed by atoms with Gasteiger partial charge in [0.05, 0.1) is 0 Å². The van der Waals surface area contributed by atoms with Crippen LogP contribution < -0.4 is 10.6 Å². The largest absolute Gasteiger partial charge is 0.338 e. The Kier molecular flexibility index (Phi) is 6.48. The van der Waals surface area contributed by atoms with Crippen molar-refractivity contribution in [2.75, 3.05) is 18.8 Å². The predicted octanol–water partition coefficient (Wildman–Crippen LogP) is 0.625. The zero-order valence-corrected chi connectivity index (χ0v) is 7.08. The van der Waals surface area contributed by atoms with Gasteiger partial charge in [-0.2, -0.15) is 12.6 Å². The first kappa shape index (κ1) is 9.62. The highest BCUT2D eigenvalue weighted by Gasteiger charge is 1.93. The molecule has 0 spiro atoms. The van der Waals surface area contributed by atoms with Crippen molar-refractivity contribution >= 4 is 18.7 Å². The maximum Gasteiger partial charge on any atom is 0.314 e. The molecule has 0 rings (SSSR count). The Hall–Kier alpha value is -0.380. The molecule has 0 saturated heterocycles. The fraction of sp³-hybridized carbons (Fsp3) is 0.833. The van der Waals surface area contributed by atoms with E-state index in [1.165, 1.54) is 0 Å². The number of thiol groups is 1. The highest BCUT2D eigenvalue weighted by Crippen LogP contribution is 1.72. The van der Waals surface area contributed by atoms with E-state index in [4.69, 9.17) is 0 Å². The molecule has 60 valence electrons. The first-order valence-corrected chi connectivity index (χ1v) is 4.07. The molecule has 0 atom stereocenters. The zero-order chi connectivity index (χ0) is 7.82. The summed E-state index contributed by atoms with van der Waals surface area (Å²) in [6.45, 7) is 3.37. The molecule has 2 amide bonds. The third-order valence-electron chi connectivity index (χ3n) is 0.933. The zero-order valence-electron chi connectivity index (χ0n) is 6.18. The molecule has 0 aromatic carbocycles. The monoisotopic (exact) mass is 162 g/mol. The van der Waals surface area contributed by atoms with Gasteiger partial charge in [-0.25, -0.2) is 4.79 Å². The Morgan fingerprint density at radius 2 is 2.00 bits per heavy atom. The Labute approximate surface area is 67.0 Å². The van der Waals surface area contributed by atoms with E-state index in [1.807, 2.05) is 6.92 Å². The Morgan fingerprint density at radius 3 is 2.50 bits per heavy atom. The minimum atomic E-state index is -0.101. The van der Waals surface area contributed by atoms with Crippen LogP contribution in [0.5, 0.6) is 0 Å². The van der Waals surface area contributed by atoms with E-state index in [1.54, 1.807) is 0 Å². The van der Waals surface area contributed by atoms with E-state index < -0.39 is 0 Å². The Morgan fingerprint density at radius 1 is 1.40 bits per heavy atom. The molecule has 10 heavy (non-hydrogen) atoms. The van der Waals surface area contributed by atoms with E-state index in [2.05, 4.69) is 23.3 Å². The van der Waals surface area contributed by atoms with Crippen LogP contribution in [-0.4, -0.2) is 24.9 Å². The molecule has 0 aliphatic carbocycles. The van der Waals surface area contributed by atoms with Crippen LogP contribution in [-0.2, 0) is 0 Å². The van der Waals surface area contributed by atoms with Gasteiger partial charge in [-0.05, 0) is 6.42 Å². The van der Waals surface area contributed by atoms with Crippen molar-refractivity contribution in [3.05, 3.63) is 0 Å². The lowest BCUT2D eigenvalue weighted by Gasteiger charge is -2.03. The predicted molar refractivity (Wildman–Crippen MR) is 45.5 cm³/mol. The number of hydrogen-bond donors (Lipinski definition) is 3. The van der Waals surface area contributed by atoms with Gasteiger partial charge in [0.25, 0.3) is 0 Å². The van der Waals surface area contributed by atoms with Gasteiger partial charge in [-0.15, -0.1) is 0 Å². The van der Waals surface area contributed by atoms with Crippen LogP contribution in [0, 0.1) is 0 Å². The van der Waals surface area contributed by atoms with Crippen LogP contribution in [0.25, 0.3) is 0 Å². The second-order valence-electron chi connectivity index (χ2n) is 1.91. The molecule has 0 aromatic rings. The Bertz CT molecular complexity index is 87.7. The fourth-order valence-corrected chi connectivity index (χ4v) is 0.582. The number of rotatable bonds is 4. The van der Waals surface area contributed by atoms with E-state index in [9.17, 15) is 4.79 Å². The molecule has 0 bridgehead atoms. The molecule has 0 aliphatic heterocycles. The number of nitrogens with one attached hydrogen (secondary N) is 2. The quantitative estimate of drug-likeness (QED) is 0.521. The van der Waals surface area contributed by atoms with Gasteiger partial charge in [0, 0.05) is 18.8 Å². The topological polar surface area (TPSA) is 41.1 Å². The molecule has 4 heteroatoms. The SMILES string of the molecule is CCCNC(=O)NCCS. The number of hydrogen-bond acceptors (Lipinski definition) is 2. The summed E-state index contributed by atoms with van der Waals surface area (Å²) in [6.07, 6.45) is 0.967. The highest BCUT2D eigenvalue weighted by atomic mass is 32.1. The minimum absolute atomic E-state index is 0.101.